The van der Waals surface area contributed by atoms with Crippen molar-refractivity contribution in [2.24, 2.45) is 5.92 Å². The monoisotopic (exact) mass is 441 g/mol. The average molecular weight is 442 g/mol. The summed E-state index contributed by atoms with van der Waals surface area (Å²) in [7, 11) is 0. The Bertz CT molecular complexity index is 966. The van der Waals surface area contributed by atoms with Gasteiger partial charge in [-0.1, -0.05) is 54.1 Å². The maximum atomic E-state index is 11.3. The van der Waals surface area contributed by atoms with Gasteiger partial charge in [-0.3, -0.25) is 9.69 Å². The summed E-state index contributed by atoms with van der Waals surface area (Å²) >= 11 is 7.80. The third kappa shape index (κ3) is 5.04. The lowest BCUT2D eigenvalue weighted by Crippen LogP contribution is -2.39. The van der Waals surface area contributed by atoms with E-state index in [0.29, 0.717) is 19.4 Å². The molecular weight excluding hydrogens is 418 g/mol. The summed E-state index contributed by atoms with van der Waals surface area (Å²) in [5.41, 5.74) is 2.29. The number of halogens is 1. The van der Waals surface area contributed by atoms with Crippen molar-refractivity contribution in [1.29, 1.82) is 0 Å². The number of carbonyl (C=O) groups is 1. The van der Waals surface area contributed by atoms with E-state index < -0.39 is 5.97 Å². The number of aliphatic carboxylic acids is 1. The minimum atomic E-state index is -0.690. The summed E-state index contributed by atoms with van der Waals surface area (Å²) in [6, 6.07) is 22.4. The molecule has 1 aliphatic rings. The first-order valence-corrected chi connectivity index (χ1v) is 11.3. The van der Waals surface area contributed by atoms with E-state index in [0.717, 1.165) is 34.3 Å². The number of thiophene rings is 1. The van der Waals surface area contributed by atoms with Gasteiger partial charge in [-0.05, 0) is 61.3 Å². The Kier molecular flexibility index (Phi) is 6.72. The predicted molar refractivity (Wildman–Crippen MR) is 120 cm³/mol. The van der Waals surface area contributed by atoms with Crippen molar-refractivity contribution in [3.8, 4) is 5.75 Å². The maximum absolute atomic E-state index is 11.3. The van der Waals surface area contributed by atoms with Crippen LogP contribution in [0.2, 0.25) is 4.34 Å². The Labute approximate surface area is 185 Å². The zero-order chi connectivity index (χ0) is 20.9. The van der Waals surface area contributed by atoms with Crippen molar-refractivity contribution < 1.29 is 14.6 Å². The Morgan fingerprint density at radius 3 is 2.37 bits per heavy atom. The predicted octanol–water partition coefficient (Wildman–Crippen LogP) is 5.87. The van der Waals surface area contributed by atoms with Gasteiger partial charge in [0.2, 0.25) is 0 Å². The largest absolute Gasteiger partial charge is 0.489 e. The zero-order valence-electron chi connectivity index (χ0n) is 16.5. The first-order chi connectivity index (χ1) is 14.6. The summed E-state index contributed by atoms with van der Waals surface area (Å²) in [5.74, 6) is -0.108. The van der Waals surface area contributed by atoms with Crippen LogP contribution in [0.4, 0.5) is 0 Å². The van der Waals surface area contributed by atoms with E-state index in [1.54, 1.807) is 11.3 Å². The Morgan fingerprint density at radius 2 is 1.77 bits per heavy atom. The summed E-state index contributed by atoms with van der Waals surface area (Å²) in [6.45, 7) is 2.04. The molecule has 0 radical (unpaired) electrons. The number of carboxylic acid groups (broad SMARTS) is 1. The molecule has 0 spiro atoms. The highest BCUT2D eigenvalue weighted by Crippen LogP contribution is 2.38. The van der Waals surface area contributed by atoms with Crippen LogP contribution in [0.15, 0.2) is 66.7 Å². The standard InChI is InChI=1S/C24H24ClNO3S/c25-22-11-10-21(30-22)23(26-14-12-19(13-15-26)24(27)28)18-6-8-20(9-7-18)29-16-17-4-2-1-3-5-17/h1-11,19,23H,12-16H2,(H,27,28). The van der Waals surface area contributed by atoms with Gasteiger partial charge >= 0.3 is 5.97 Å². The SMILES string of the molecule is O=C(O)C1CCN(C(c2ccc(OCc3ccccc3)cc2)c2ccc(Cl)s2)CC1. The second kappa shape index (κ2) is 9.65. The topological polar surface area (TPSA) is 49.8 Å². The van der Waals surface area contributed by atoms with Crippen LogP contribution in [0.25, 0.3) is 0 Å². The van der Waals surface area contributed by atoms with E-state index in [9.17, 15) is 9.90 Å². The quantitative estimate of drug-likeness (QED) is 0.498. The van der Waals surface area contributed by atoms with Gasteiger partial charge in [0.1, 0.15) is 12.4 Å². The number of carboxylic acids is 1. The maximum Gasteiger partial charge on any atom is 0.306 e. The van der Waals surface area contributed by atoms with E-state index in [1.807, 2.05) is 48.5 Å². The molecule has 3 aromatic rings. The molecule has 156 valence electrons. The van der Waals surface area contributed by atoms with Crippen LogP contribution in [0.5, 0.6) is 5.75 Å². The highest BCUT2D eigenvalue weighted by molar-refractivity contribution is 7.16. The number of piperidine rings is 1. The van der Waals surface area contributed by atoms with Crippen molar-refractivity contribution in [2.45, 2.75) is 25.5 Å². The molecule has 6 heteroatoms. The molecule has 1 N–H and O–H groups in total. The third-order valence-electron chi connectivity index (χ3n) is 5.55. The molecule has 0 amide bonds. The zero-order valence-corrected chi connectivity index (χ0v) is 18.1. The van der Waals surface area contributed by atoms with Crippen LogP contribution in [0, 0.1) is 5.92 Å². The fourth-order valence-electron chi connectivity index (χ4n) is 3.92. The van der Waals surface area contributed by atoms with Gasteiger partial charge in [-0.25, -0.2) is 0 Å². The second-order valence-electron chi connectivity index (χ2n) is 7.54. The summed E-state index contributed by atoms with van der Waals surface area (Å²) in [5, 5.41) is 9.32. The smallest absolute Gasteiger partial charge is 0.306 e. The minimum absolute atomic E-state index is 0.0698. The lowest BCUT2D eigenvalue weighted by Gasteiger charge is -2.36. The van der Waals surface area contributed by atoms with Gasteiger partial charge in [0.15, 0.2) is 0 Å². The number of likely N-dealkylation sites (tertiary alicyclic amines) is 1. The van der Waals surface area contributed by atoms with Crippen LogP contribution >= 0.6 is 22.9 Å². The van der Waals surface area contributed by atoms with E-state index in [2.05, 4.69) is 23.1 Å². The minimum Gasteiger partial charge on any atom is -0.489 e. The van der Waals surface area contributed by atoms with Gasteiger partial charge in [-0.15, -0.1) is 11.3 Å². The van der Waals surface area contributed by atoms with Gasteiger partial charge in [0, 0.05) is 4.88 Å². The molecule has 0 bridgehead atoms. The molecule has 1 saturated heterocycles. The van der Waals surface area contributed by atoms with Gasteiger partial charge < -0.3 is 9.84 Å². The lowest BCUT2D eigenvalue weighted by molar-refractivity contribution is -0.143. The molecule has 30 heavy (non-hydrogen) atoms. The molecular formula is C24H24ClNO3S. The van der Waals surface area contributed by atoms with Crippen molar-refractivity contribution in [2.75, 3.05) is 13.1 Å². The molecule has 0 saturated carbocycles. The van der Waals surface area contributed by atoms with E-state index >= 15 is 0 Å². The van der Waals surface area contributed by atoms with Gasteiger partial charge in [0.05, 0.1) is 16.3 Å². The van der Waals surface area contributed by atoms with Crippen molar-refractivity contribution in [3.05, 3.63) is 87.1 Å². The van der Waals surface area contributed by atoms with E-state index in [4.69, 9.17) is 16.3 Å². The highest BCUT2D eigenvalue weighted by Gasteiger charge is 2.30. The van der Waals surface area contributed by atoms with Crippen LogP contribution in [-0.4, -0.2) is 29.1 Å². The molecule has 1 aromatic heterocycles. The molecule has 4 nitrogen and oxygen atoms in total. The summed E-state index contributed by atoms with van der Waals surface area (Å²) < 4.78 is 6.69. The van der Waals surface area contributed by atoms with Crippen LogP contribution in [0.1, 0.15) is 34.9 Å². The molecule has 2 aromatic carbocycles. The number of benzene rings is 2. The lowest BCUT2D eigenvalue weighted by atomic mass is 9.94. The first-order valence-electron chi connectivity index (χ1n) is 10.1. The number of hydrogen-bond donors (Lipinski definition) is 1. The number of hydrogen-bond acceptors (Lipinski definition) is 4. The third-order valence-corrected chi connectivity index (χ3v) is 6.84. The molecule has 1 aliphatic heterocycles. The molecule has 1 fully saturated rings. The van der Waals surface area contributed by atoms with Crippen LogP contribution < -0.4 is 4.74 Å². The average Bonchev–Trinajstić information content (AvgIpc) is 3.20. The van der Waals surface area contributed by atoms with Crippen LogP contribution in [-0.2, 0) is 11.4 Å². The molecule has 1 atom stereocenters. The molecule has 4 rings (SSSR count). The fraction of sp³-hybridized carbons (Fsp3) is 0.292. The molecule has 2 heterocycles. The Hall–Kier alpha value is -2.34. The summed E-state index contributed by atoms with van der Waals surface area (Å²) in [6.07, 6.45) is 1.34. The van der Waals surface area contributed by atoms with Crippen molar-refractivity contribution >= 4 is 28.9 Å². The van der Waals surface area contributed by atoms with Crippen molar-refractivity contribution in [1.82, 2.24) is 4.90 Å². The number of rotatable bonds is 7. The first kappa shape index (κ1) is 20.9. The summed E-state index contributed by atoms with van der Waals surface area (Å²) in [4.78, 5) is 14.9. The van der Waals surface area contributed by atoms with Crippen LogP contribution in [0.3, 0.4) is 0 Å². The van der Waals surface area contributed by atoms with Gasteiger partial charge in [0.25, 0.3) is 0 Å². The number of ether oxygens (including phenoxy) is 1. The molecule has 1 unspecified atom stereocenters. The highest BCUT2D eigenvalue weighted by atomic mass is 35.5. The Balaban J connectivity index is 1.50. The van der Waals surface area contributed by atoms with Gasteiger partial charge in [-0.2, -0.15) is 0 Å². The van der Waals surface area contributed by atoms with Crippen molar-refractivity contribution in [3.63, 3.8) is 0 Å². The second-order valence-corrected chi connectivity index (χ2v) is 9.28. The number of nitrogens with zero attached hydrogens (tertiary/aromatic N) is 1. The Morgan fingerprint density at radius 1 is 1.07 bits per heavy atom. The van der Waals surface area contributed by atoms with E-state index in [-0.39, 0.29) is 12.0 Å². The molecule has 0 aliphatic carbocycles. The fourth-order valence-corrected chi connectivity index (χ4v) is 5.15. The normalized spacial score (nSPS) is 16.3. The van der Waals surface area contributed by atoms with E-state index in [1.165, 1.54) is 4.88 Å².